The first-order chi connectivity index (χ1) is 9.93. The summed E-state index contributed by atoms with van der Waals surface area (Å²) in [5.41, 5.74) is 0.844. The highest BCUT2D eigenvalue weighted by Gasteiger charge is 2.44. The van der Waals surface area contributed by atoms with Crippen LogP contribution in [0, 0.1) is 18.3 Å². The zero-order valence-corrected chi connectivity index (χ0v) is 13.2. The van der Waals surface area contributed by atoms with Gasteiger partial charge < -0.3 is 0 Å². The van der Waals surface area contributed by atoms with Crippen LogP contribution in [-0.4, -0.2) is 49.3 Å². The van der Waals surface area contributed by atoms with Crippen LogP contribution in [0.5, 0.6) is 0 Å². The van der Waals surface area contributed by atoms with E-state index in [0.29, 0.717) is 11.6 Å². The monoisotopic (exact) mass is 325 g/mol. The lowest BCUT2D eigenvalue weighted by Gasteiger charge is -2.36. The molecule has 0 radical (unpaired) electrons. The summed E-state index contributed by atoms with van der Waals surface area (Å²) in [4.78, 5) is 2.26. The van der Waals surface area contributed by atoms with Crippen LogP contribution in [0.3, 0.4) is 0 Å². The number of benzene rings is 1. The Morgan fingerprint density at radius 3 is 2.81 bits per heavy atom. The van der Waals surface area contributed by atoms with Crippen molar-refractivity contribution in [2.45, 2.75) is 30.3 Å². The summed E-state index contributed by atoms with van der Waals surface area (Å²) in [5.74, 6) is 0. The highest BCUT2D eigenvalue weighted by atomic mass is 35.5. The number of halogens is 1. The van der Waals surface area contributed by atoms with Crippen molar-refractivity contribution in [3.05, 3.63) is 28.8 Å². The molecule has 0 N–H and O–H groups in total. The second-order valence-electron chi connectivity index (χ2n) is 5.57. The predicted molar refractivity (Wildman–Crippen MR) is 79.5 cm³/mol. The van der Waals surface area contributed by atoms with Crippen LogP contribution in [0.25, 0.3) is 0 Å². The number of piperazine rings is 1. The van der Waals surface area contributed by atoms with Gasteiger partial charge in [0.2, 0.25) is 10.0 Å². The van der Waals surface area contributed by atoms with Gasteiger partial charge in [-0.25, -0.2) is 8.42 Å². The van der Waals surface area contributed by atoms with Crippen LogP contribution in [0.4, 0.5) is 0 Å². The van der Waals surface area contributed by atoms with Crippen LogP contribution < -0.4 is 0 Å². The van der Waals surface area contributed by atoms with Crippen molar-refractivity contribution in [3.63, 3.8) is 0 Å². The van der Waals surface area contributed by atoms with E-state index in [4.69, 9.17) is 11.6 Å². The maximum absolute atomic E-state index is 12.8. The minimum absolute atomic E-state index is 0.0420. The Morgan fingerprint density at radius 2 is 2.14 bits per heavy atom. The van der Waals surface area contributed by atoms with E-state index < -0.39 is 10.0 Å². The smallest absolute Gasteiger partial charge is 0.243 e. The maximum atomic E-state index is 12.8. The SMILES string of the molecule is Cc1ccc(S(=O)(=O)N2CC(C#N)N3CCC2C3)cc1Cl. The molecule has 2 saturated heterocycles. The van der Waals surface area contributed by atoms with Crippen molar-refractivity contribution >= 4 is 21.6 Å². The third-order valence-corrected chi connectivity index (χ3v) is 6.62. The summed E-state index contributed by atoms with van der Waals surface area (Å²) in [5, 5.41) is 9.65. The Bertz CT molecular complexity index is 713. The van der Waals surface area contributed by atoms with Crippen LogP contribution in [-0.2, 0) is 10.0 Å². The third kappa shape index (κ3) is 2.44. The number of aryl methyl sites for hydroxylation is 1. The fraction of sp³-hybridized carbons (Fsp3) is 0.500. The van der Waals surface area contributed by atoms with Crippen LogP contribution in [0.2, 0.25) is 5.02 Å². The van der Waals surface area contributed by atoms with Gasteiger partial charge in [0.05, 0.1) is 11.0 Å². The van der Waals surface area contributed by atoms with E-state index in [1.165, 1.54) is 10.4 Å². The topological polar surface area (TPSA) is 64.4 Å². The Kier molecular flexibility index (Phi) is 3.70. The molecule has 21 heavy (non-hydrogen) atoms. The number of nitrogens with zero attached hydrogens (tertiary/aromatic N) is 3. The van der Waals surface area contributed by atoms with Gasteiger partial charge in [-0.2, -0.15) is 9.57 Å². The molecule has 0 saturated carbocycles. The zero-order valence-electron chi connectivity index (χ0n) is 11.7. The second-order valence-corrected chi connectivity index (χ2v) is 7.87. The lowest BCUT2D eigenvalue weighted by molar-refractivity contribution is 0.176. The van der Waals surface area contributed by atoms with E-state index in [9.17, 15) is 13.7 Å². The molecular formula is C14H16ClN3O2S. The van der Waals surface area contributed by atoms with E-state index in [1.54, 1.807) is 12.1 Å². The second kappa shape index (κ2) is 5.25. The lowest BCUT2D eigenvalue weighted by atomic mass is 10.2. The first-order valence-corrected chi connectivity index (χ1v) is 8.67. The number of hydrogen-bond donors (Lipinski definition) is 0. The average molecular weight is 326 g/mol. The largest absolute Gasteiger partial charge is 0.285 e. The van der Waals surface area contributed by atoms with Crippen molar-refractivity contribution in [2.75, 3.05) is 19.6 Å². The van der Waals surface area contributed by atoms with Crippen LogP contribution in [0.1, 0.15) is 12.0 Å². The molecule has 3 atom stereocenters. The van der Waals surface area contributed by atoms with Crippen molar-refractivity contribution in [3.8, 4) is 6.07 Å². The molecule has 2 bridgehead atoms. The summed E-state index contributed by atoms with van der Waals surface area (Å²) in [7, 11) is -3.61. The fourth-order valence-corrected chi connectivity index (χ4v) is 4.93. The number of nitriles is 1. The summed E-state index contributed by atoms with van der Waals surface area (Å²) >= 11 is 6.05. The number of hydrogen-bond acceptors (Lipinski definition) is 4. The number of sulfonamides is 1. The lowest BCUT2D eigenvalue weighted by Crippen LogP contribution is -2.53. The quantitative estimate of drug-likeness (QED) is 0.829. The van der Waals surface area contributed by atoms with Gasteiger partial charge in [0.25, 0.3) is 0 Å². The Hall–Kier alpha value is -1.13. The molecule has 2 aliphatic rings. The molecule has 1 aromatic rings. The highest BCUT2D eigenvalue weighted by molar-refractivity contribution is 7.89. The number of rotatable bonds is 2. The van der Waals surface area contributed by atoms with E-state index in [1.807, 2.05) is 6.92 Å². The predicted octanol–water partition coefficient (Wildman–Crippen LogP) is 1.62. The molecule has 2 aliphatic heterocycles. The molecular weight excluding hydrogens is 310 g/mol. The Balaban J connectivity index is 1.98. The number of fused-ring (bicyclic) bond motifs is 2. The minimum atomic E-state index is -3.61. The zero-order chi connectivity index (χ0) is 15.2. The van der Waals surface area contributed by atoms with Crippen molar-refractivity contribution < 1.29 is 8.42 Å². The third-order valence-electron chi connectivity index (χ3n) is 4.29. The summed E-state index contributed by atoms with van der Waals surface area (Å²) in [6.45, 7) is 3.48. The Morgan fingerprint density at radius 1 is 1.38 bits per heavy atom. The summed E-state index contributed by atoms with van der Waals surface area (Å²) in [6.07, 6.45) is 0.775. The fourth-order valence-electron chi connectivity index (χ4n) is 3.01. The molecule has 5 nitrogen and oxygen atoms in total. The first kappa shape index (κ1) is 14.8. The van der Waals surface area contributed by atoms with Gasteiger partial charge in [-0.05, 0) is 31.0 Å². The molecule has 7 heteroatoms. The van der Waals surface area contributed by atoms with Gasteiger partial charge in [-0.15, -0.1) is 0 Å². The van der Waals surface area contributed by atoms with E-state index in [-0.39, 0.29) is 23.5 Å². The molecule has 2 heterocycles. The molecule has 0 spiro atoms. The molecule has 3 unspecified atom stereocenters. The molecule has 0 aliphatic carbocycles. The van der Waals surface area contributed by atoms with E-state index >= 15 is 0 Å². The normalized spacial score (nSPS) is 29.3. The average Bonchev–Trinajstić information content (AvgIpc) is 2.85. The summed E-state index contributed by atoms with van der Waals surface area (Å²) in [6, 6.07) is 6.58. The van der Waals surface area contributed by atoms with Crippen molar-refractivity contribution in [2.24, 2.45) is 0 Å². The summed E-state index contributed by atoms with van der Waals surface area (Å²) < 4.78 is 27.2. The van der Waals surface area contributed by atoms with Crippen LogP contribution >= 0.6 is 11.6 Å². The van der Waals surface area contributed by atoms with Crippen LogP contribution in [0.15, 0.2) is 23.1 Å². The highest BCUT2D eigenvalue weighted by Crippen LogP contribution is 2.31. The van der Waals surface area contributed by atoms with Crippen molar-refractivity contribution in [1.29, 1.82) is 5.26 Å². The molecule has 1 aromatic carbocycles. The molecule has 112 valence electrons. The standard InChI is InChI=1S/C14H16ClN3O2S/c1-10-2-3-13(6-14(10)15)21(19,20)18-9-12(7-16)17-5-4-11(18)8-17/h2-3,6,11-12H,4-5,8-9H2,1H3. The Labute approximate surface area is 129 Å². The molecule has 3 rings (SSSR count). The van der Waals surface area contributed by atoms with E-state index in [0.717, 1.165) is 18.5 Å². The first-order valence-electron chi connectivity index (χ1n) is 6.85. The van der Waals surface area contributed by atoms with Gasteiger partial charge in [0.15, 0.2) is 0 Å². The maximum Gasteiger partial charge on any atom is 0.243 e. The minimum Gasteiger partial charge on any atom is -0.285 e. The van der Waals surface area contributed by atoms with Gasteiger partial charge in [0, 0.05) is 30.7 Å². The van der Waals surface area contributed by atoms with Crippen molar-refractivity contribution in [1.82, 2.24) is 9.21 Å². The van der Waals surface area contributed by atoms with E-state index in [2.05, 4.69) is 11.0 Å². The van der Waals surface area contributed by atoms with Gasteiger partial charge >= 0.3 is 0 Å². The molecule has 2 fully saturated rings. The molecule has 0 amide bonds. The van der Waals surface area contributed by atoms with Gasteiger partial charge in [-0.1, -0.05) is 17.7 Å². The molecule has 0 aromatic heterocycles. The van der Waals surface area contributed by atoms with Gasteiger partial charge in [-0.3, -0.25) is 4.90 Å². The van der Waals surface area contributed by atoms with Gasteiger partial charge in [0.1, 0.15) is 6.04 Å².